The summed E-state index contributed by atoms with van der Waals surface area (Å²) in [5, 5.41) is 5.07. The largest absolute Gasteiger partial charge is 2.00 e. The molecule has 1 saturated carbocycles. The maximum Gasteiger partial charge on any atom is 2.00 e. The summed E-state index contributed by atoms with van der Waals surface area (Å²) < 4.78 is 118. The van der Waals surface area contributed by atoms with Crippen molar-refractivity contribution in [1.82, 2.24) is 19.8 Å². The Kier molecular flexibility index (Phi) is 16.6. The number of likely N-dealkylation sites (N-methyl/N-ethyl adjacent to an activating group) is 2. The quantitative estimate of drug-likeness (QED) is 0.0628. The molecule has 1 aliphatic carbocycles. The van der Waals surface area contributed by atoms with E-state index in [9.17, 15) is 26.3 Å². The number of rotatable bonds is 8. The van der Waals surface area contributed by atoms with Gasteiger partial charge >= 0.3 is 28.1 Å². The van der Waals surface area contributed by atoms with Crippen molar-refractivity contribution in [1.29, 1.82) is 0 Å². The van der Waals surface area contributed by atoms with Gasteiger partial charge in [-0.1, -0.05) is 97.8 Å². The van der Waals surface area contributed by atoms with Crippen LogP contribution in [0.4, 0.5) is 26.3 Å². The van der Waals surface area contributed by atoms with Crippen molar-refractivity contribution < 1.29 is 69.4 Å². The number of fused-ring (bicyclic) bond motifs is 2. The van der Waals surface area contributed by atoms with E-state index in [2.05, 4.69) is 133 Å². The number of halogens is 6. The maximum atomic E-state index is 10.7. The van der Waals surface area contributed by atoms with Gasteiger partial charge in [-0.25, -0.2) is 16.8 Å². The number of nitrogens with zero attached hydrogens (tertiary/aromatic N) is 4. The molecule has 0 bridgehead atoms. The third-order valence-electron chi connectivity index (χ3n) is 10.2. The number of alkyl halides is 6. The van der Waals surface area contributed by atoms with E-state index in [1.165, 1.54) is 45.5 Å². The van der Waals surface area contributed by atoms with Crippen LogP contribution in [0.1, 0.15) is 60.3 Å². The number of benzene rings is 4. The maximum absolute atomic E-state index is 10.7. The molecular formula is C42H40F6MnN4O6S2. The van der Waals surface area contributed by atoms with Gasteiger partial charge < -0.3 is 9.11 Å². The van der Waals surface area contributed by atoms with E-state index in [-0.39, 0.29) is 29.2 Å². The molecular weight excluding hydrogens is 890 g/mol. The third-order valence-corrected chi connectivity index (χ3v) is 11.4. The molecule has 1 radical (unpaired) electrons. The Morgan fingerprint density at radius 2 is 0.852 bits per heavy atom. The van der Waals surface area contributed by atoms with Crippen molar-refractivity contribution in [2.75, 3.05) is 14.1 Å². The Morgan fingerprint density at radius 1 is 0.541 bits per heavy atom. The van der Waals surface area contributed by atoms with Crippen LogP contribution in [0.2, 0.25) is 0 Å². The van der Waals surface area contributed by atoms with E-state index in [1.807, 2.05) is 24.5 Å². The molecule has 61 heavy (non-hydrogen) atoms. The van der Waals surface area contributed by atoms with Gasteiger partial charge in [-0.15, -0.1) is 0 Å². The second-order valence-electron chi connectivity index (χ2n) is 14.1. The minimum absolute atomic E-state index is 0. The molecule has 1 fully saturated rings. The van der Waals surface area contributed by atoms with Gasteiger partial charge in [-0.3, -0.25) is 19.8 Å². The van der Waals surface area contributed by atoms with Crippen LogP contribution in [0.5, 0.6) is 0 Å². The molecule has 0 amide bonds. The number of hydrogen-bond acceptors (Lipinski definition) is 10. The van der Waals surface area contributed by atoms with Crippen molar-refractivity contribution in [2.45, 2.75) is 60.9 Å². The van der Waals surface area contributed by atoms with Crippen LogP contribution in [0.3, 0.4) is 0 Å². The second-order valence-corrected chi connectivity index (χ2v) is 16.8. The Bertz CT molecular complexity index is 2400. The predicted molar refractivity (Wildman–Crippen MR) is 213 cm³/mol. The summed E-state index contributed by atoms with van der Waals surface area (Å²) in [4.78, 5) is 15.1. The van der Waals surface area contributed by atoms with Crippen LogP contribution in [0, 0.1) is 0 Å². The van der Waals surface area contributed by atoms with E-state index in [1.54, 1.807) is 0 Å². The third kappa shape index (κ3) is 12.6. The van der Waals surface area contributed by atoms with Gasteiger partial charge in [-0.2, -0.15) is 26.3 Å². The molecule has 0 spiro atoms. The summed E-state index contributed by atoms with van der Waals surface area (Å²) in [5.41, 5.74) is -6.54. The molecule has 0 unspecified atom stereocenters. The average Bonchev–Trinajstić information content (AvgIpc) is 3.21. The minimum Gasteiger partial charge on any atom is -0.741 e. The van der Waals surface area contributed by atoms with Crippen molar-refractivity contribution in [3.63, 3.8) is 0 Å². The summed E-state index contributed by atoms with van der Waals surface area (Å²) in [6.07, 6.45) is 8.62. The first-order valence-electron chi connectivity index (χ1n) is 18.4. The monoisotopic (exact) mass is 929 g/mol. The van der Waals surface area contributed by atoms with E-state index < -0.39 is 31.3 Å². The summed E-state index contributed by atoms with van der Waals surface area (Å²) in [7, 11) is -7.55. The molecule has 19 heteroatoms. The second kappa shape index (κ2) is 20.6. The Hall–Kier alpha value is -4.46. The SMILES string of the molecule is CN([C@H](c1ccc2ccccc2c1)c1ccccn1)[C@@H]1CCCC[C@H]1N(C)[C@H](c1ccc2ccccc2c1)c1ccccn1.O=S(=O)([O-])C(F)(F)F.O=S(=O)([O-])C(F)(F)F.[Mn+2]. The van der Waals surface area contributed by atoms with Gasteiger partial charge in [0.1, 0.15) is 0 Å². The topological polar surface area (TPSA) is 147 Å². The molecule has 4 aromatic carbocycles. The van der Waals surface area contributed by atoms with Crippen molar-refractivity contribution in [3.05, 3.63) is 156 Å². The van der Waals surface area contributed by atoms with Crippen LogP contribution >= 0.6 is 0 Å². The zero-order chi connectivity index (χ0) is 43.9. The minimum atomic E-state index is -6.09. The van der Waals surface area contributed by atoms with E-state index in [0.29, 0.717) is 12.1 Å². The van der Waals surface area contributed by atoms with Crippen molar-refractivity contribution >= 4 is 41.8 Å². The molecule has 0 aliphatic heterocycles. The summed E-state index contributed by atoms with van der Waals surface area (Å²) >= 11 is 0. The molecule has 0 N–H and O–H groups in total. The van der Waals surface area contributed by atoms with Crippen LogP contribution < -0.4 is 0 Å². The molecule has 1 aliphatic rings. The Labute approximate surface area is 360 Å². The first kappa shape index (κ1) is 49.2. The molecule has 325 valence electrons. The summed E-state index contributed by atoms with van der Waals surface area (Å²) in [6.45, 7) is 0. The van der Waals surface area contributed by atoms with Crippen LogP contribution in [0.15, 0.2) is 134 Å². The van der Waals surface area contributed by atoms with Gasteiger partial charge in [-0.05, 0) is 96.0 Å². The summed E-state index contributed by atoms with van der Waals surface area (Å²) in [6, 6.07) is 44.5. The van der Waals surface area contributed by atoms with Crippen molar-refractivity contribution in [3.8, 4) is 0 Å². The molecule has 10 nitrogen and oxygen atoms in total. The fourth-order valence-electron chi connectivity index (χ4n) is 7.49. The van der Waals surface area contributed by atoms with Crippen molar-refractivity contribution in [2.24, 2.45) is 0 Å². The number of pyridine rings is 2. The molecule has 6 aromatic rings. The van der Waals surface area contributed by atoms with Gasteiger partial charge in [0.15, 0.2) is 20.2 Å². The van der Waals surface area contributed by atoms with Crippen LogP contribution in [0.25, 0.3) is 21.5 Å². The normalized spacial score (nSPS) is 17.0. The van der Waals surface area contributed by atoms with Crippen LogP contribution in [-0.4, -0.2) is 82.9 Å². The number of aromatic nitrogens is 2. The molecule has 7 rings (SSSR count). The first-order chi connectivity index (χ1) is 28.2. The molecule has 4 atom stereocenters. The zero-order valence-corrected chi connectivity index (χ0v) is 35.4. The molecule has 2 aromatic heterocycles. The first-order valence-corrected chi connectivity index (χ1v) is 21.3. The predicted octanol–water partition coefficient (Wildman–Crippen LogP) is 8.94. The molecule has 2 heterocycles. The Balaban J connectivity index is 0.000000410. The zero-order valence-electron chi connectivity index (χ0n) is 32.5. The van der Waals surface area contributed by atoms with E-state index in [0.717, 1.165) is 24.2 Å². The van der Waals surface area contributed by atoms with E-state index in [4.69, 9.17) is 35.9 Å². The molecule has 0 saturated heterocycles. The Morgan fingerprint density at radius 3 is 1.15 bits per heavy atom. The van der Waals surface area contributed by atoms with Gasteiger partial charge in [0.2, 0.25) is 0 Å². The standard InChI is InChI=1S/C40H40N4.2CHF3O3S.Mn/c1-43(39(35-17-9-11-25-41-35)33-23-21-29-13-3-5-15-31(29)27-33)37-19-7-8-20-38(37)44(2)40(36-18-10-12-26-42-36)34-24-22-30-14-4-6-16-32(30)28-34;2*2-1(3,4)8(5,6)7;/h3-6,9-18,21-28,37-40H,7-8,19-20H2,1-2H3;2*(H,5,6,7);/q;;;+2/p-2/t37-,38-,39-,40-;;;/m1.../s1. The van der Waals surface area contributed by atoms with E-state index >= 15 is 0 Å². The van der Waals surface area contributed by atoms with Gasteiger partial charge in [0, 0.05) is 24.5 Å². The smallest absolute Gasteiger partial charge is 0.741 e. The average molecular weight is 930 g/mol. The number of hydrogen-bond donors (Lipinski definition) is 0. The van der Waals surface area contributed by atoms with Gasteiger partial charge in [0.25, 0.3) is 0 Å². The summed E-state index contributed by atoms with van der Waals surface area (Å²) in [5.74, 6) is 0. The fraction of sp³-hybridized carbons (Fsp3) is 0.286. The van der Waals surface area contributed by atoms with Crippen LogP contribution in [-0.2, 0) is 37.3 Å². The fourth-order valence-corrected chi connectivity index (χ4v) is 7.49. The van der Waals surface area contributed by atoms with Gasteiger partial charge in [0.05, 0.1) is 23.5 Å².